The fourth-order valence-electron chi connectivity index (χ4n) is 4.18. The Morgan fingerprint density at radius 2 is 1.85 bits per heavy atom. The highest BCUT2D eigenvalue weighted by atomic mass is 35.5. The van der Waals surface area contributed by atoms with Gasteiger partial charge < -0.3 is 19.5 Å². The van der Waals surface area contributed by atoms with Crippen LogP contribution in [0.3, 0.4) is 0 Å². The van der Waals surface area contributed by atoms with Crippen LogP contribution in [0.25, 0.3) is 16.5 Å². The van der Waals surface area contributed by atoms with Crippen molar-refractivity contribution < 1.29 is 24.2 Å². The molecule has 1 N–H and O–H groups in total. The molecular formula is C26H24ClNO5. The van der Waals surface area contributed by atoms with E-state index in [0.29, 0.717) is 22.9 Å². The van der Waals surface area contributed by atoms with Gasteiger partial charge in [-0.3, -0.25) is 9.59 Å². The van der Waals surface area contributed by atoms with E-state index in [1.165, 1.54) is 12.0 Å². The van der Waals surface area contributed by atoms with Crippen LogP contribution < -0.4 is 4.74 Å². The molecular weight excluding hydrogens is 442 g/mol. The van der Waals surface area contributed by atoms with Crippen molar-refractivity contribution in [1.82, 2.24) is 4.90 Å². The minimum absolute atomic E-state index is 0.0252. The maximum absolute atomic E-state index is 13.2. The number of ketones is 1. The quantitative estimate of drug-likeness (QED) is 0.303. The highest BCUT2D eigenvalue weighted by Gasteiger charge is 2.46. The molecule has 4 rings (SSSR count). The van der Waals surface area contributed by atoms with Crippen LogP contribution in [-0.4, -0.2) is 48.6 Å². The van der Waals surface area contributed by atoms with E-state index in [1.807, 2.05) is 49.4 Å². The van der Waals surface area contributed by atoms with Gasteiger partial charge in [0.1, 0.15) is 11.5 Å². The monoisotopic (exact) mass is 465 g/mol. The van der Waals surface area contributed by atoms with Gasteiger partial charge >= 0.3 is 0 Å². The molecule has 3 aromatic rings. The number of fused-ring (bicyclic) bond motifs is 1. The molecule has 0 saturated carbocycles. The van der Waals surface area contributed by atoms with Gasteiger partial charge in [0.05, 0.1) is 29.9 Å². The average molecular weight is 466 g/mol. The molecule has 1 aliphatic heterocycles. The van der Waals surface area contributed by atoms with E-state index in [4.69, 9.17) is 21.1 Å². The zero-order valence-corrected chi connectivity index (χ0v) is 19.1. The zero-order chi connectivity index (χ0) is 23.5. The number of rotatable bonds is 7. The SMILES string of the molecule is CCOc1cc(/C(O)=C2/C(=O)C(=O)N(CCOC)C2c2cccc3ccccc23)ccc1Cl. The summed E-state index contributed by atoms with van der Waals surface area (Å²) in [5, 5.41) is 13.5. The molecule has 0 spiro atoms. The van der Waals surface area contributed by atoms with Gasteiger partial charge in [0.15, 0.2) is 0 Å². The molecule has 1 amide bonds. The van der Waals surface area contributed by atoms with Gasteiger partial charge in [-0.05, 0) is 41.5 Å². The van der Waals surface area contributed by atoms with Gasteiger partial charge in [0.25, 0.3) is 11.7 Å². The van der Waals surface area contributed by atoms with Crippen LogP contribution in [0.1, 0.15) is 24.1 Å². The lowest BCUT2D eigenvalue weighted by Crippen LogP contribution is -2.32. The molecule has 1 atom stereocenters. The summed E-state index contributed by atoms with van der Waals surface area (Å²) >= 11 is 6.20. The minimum Gasteiger partial charge on any atom is -0.507 e. The van der Waals surface area contributed by atoms with Crippen molar-refractivity contribution >= 4 is 39.8 Å². The topological polar surface area (TPSA) is 76.1 Å². The number of halogens is 1. The van der Waals surface area contributed by atoms with Crippen LogP contribution in [0.5, 0.6) is 5.75 Å². The van der Waals surface area contributed by atoms with Crippen molar-refractivity contribution in [2.75, 3.05) is 26.9 Å². The third-order valence-corrected chi connectivity index (χ3v) is 6.01. The number of amides is 1. The van der Waals surface area contributed by atoms with E-state index in [0.717, 1.165) is 16.3 Å². The second-order valence-electron chi connectivity index (χ2n) is 7.63. The summed E-state index contributed by atoms with van der Waals surface area (Å²) in [5.41, 5.74) is 1.12. The first-order valence-corrected chi connectivity index (χ1v) is 11.0. The van der Waals surface area contributed by atoms with E-state index in [-0.39, 0.29) is 24.5 Å². The molecule has 170 valence electrons. The Kier molecular flexibility index (Phi) is 6.67. The zero-order valence-electron chi connectivity index (χ0n) is 18.4. The number of likely N-dealkylation sites (tertiary alicyclic amines) is 1. The standard InChI is InChI=1S/C26H24ClNO5/c1-3-33-21-15-17(11-12-20(21)27)24(29)22-23(28(13-14-32-2)26(31)25(22)30)19-10-6-8-16-7-4-5-9-18(16)19/h4-12,15,23,29H,3,13-14H2,1-2H3/b24-22-. The molecule has 1 saturated heterocycles. The van der Waals surface area contributed by atoms with E-state index < -0.39 is 17.7 Å². The number of nitrogens with zero attached hydrogens (tertiary/aromatic N) is 1. The summed E-state index contributed by atoms with van der Waals surface area (Å²) in [5.74, 6) is -1.30. The summed E-state index contributed by atoms with van der Waals surface area (Å²) in [7, 11) is 1.53. The first-order valence-electron chi connectivity index (χ1n) is 10.7. The number of ether oxygens (including phenoxy) is 2. The van der Waals surface area contributed by atoms with Gasteiger partial charge in [-0.15, -0.1) is 0 Å². The molecule has 7 heteroatoms. The molecule has 1 unspecified atom stereocenters. The van der Waals surface area contributed by atoms with E-state index in [2.05, 4.69) is 0 Å². The molecule has 0 aliphatic carbocycles. The van der Waals surface area contributed by atoms with Crippen LogP contribution in [0.15, 0.2) is 66.2 Å². The van der Waals surface area contributed by atoms with Crippen LogP contribution in [0.4, 0.5) is 0 Å². The van der Waals surface area contributed by atoms with E-state index in [1.54, 1.807) is 18.2 Å². The summed E-state index contributed by atoms with van der Waals surface area (Å²) in [4.78, 5) is 27.7. The predicted octanol–water partition coefficient (Wildman–Crippen LogP) is 4.96. The number of hydrogen-bond donors (Lipinski definition) is 1. The van der Waals surface area contributed by atoms with E-state index >= 15 is 0 Å². The van der Waals surface area contributed by atoms with Gasteiger partial charge in [0.2, 0.25) is 0 Å². The van der Waals surface area contributed by atoms with Gasteiger partial charge in [0, 0.05) is 19.2 Å². The second kappa shape index (κ2) is 9.65. The maximum Gasteiger partial charge on any atom is 0.295 e. The number of carbonyl (C=O) groups excluding carboxylic acids is 2. The van der Waals surface area contributed by atoms with Crippen LogP contribution in [-0.2, 0) is 14.3 Å². The Balaban J connectivity index is 1.94. The molecule has 0 bridgehead atoms. The Morgan fingerprint density at radius 1 is 1.09 bits per heavy atom. The maximum atomic E-state index is 13.2. The molecule has 0 aromatic heterocycles. The molecule has 1 aliphatic rings. The average Bonchev–Trinajstić information content (AvgIpc) is 3.08. The number of aliphatic hydroxyl groups excluding tert-OH is 1. The number of Topliss-reactive ketones (excluding diaryl/α,β-unsaturated/α-hetero) is 1. The molecule has 0 radical (unpaired) electrons. The van der Waals surface area contributed by atoms with Crippen LogP contribution >= 0.6 is 11.6 Å². The lowest BCUT2D eigenvalue weighted by Gasteiger charge is -2.26. The third-order valence-electron chi connectivity index (χ3n) is 5.70. The van der Waals surface area contributed by atoms with Gasteiger partial charge in [-0.1, -0.05) is 54.1 Å². The minimum atomic E-state index is -0.766. The van der Waals surface area contributed by atoms with Gasteiger partial charge in [-0.2, -0.15) is 0 Å². The van der Waals surface area contributed by atoms with Crippen LogP contribution in [0, 0.1) is 0 Å². The summed E-state index contributed by atoms with van der Waals surface area (Å²) < 4.78 is 10.7. The van der Waals surface area contributed by atoms with Gasteiger partial charge in [-0.25, -0.2) is 0 Å². The Morgan fingerprint density at radius 3 is 2.61 bits per heavy atom. The summed E-state index contributed by atoms with van der Waals surface area (Å²) in [6, 6.07) is 17.5. The first kappa shape index (κ1) is 22.8. The fourth-order valence-corrected chi connectivity index (χ4v) is 4.36. The Bertz CT molecular complexity index is 1250. The number of hydrogen-bond acceptors (Lipinski definition) is 5. The van der Waals surface area contributed by atoms with Crippen molar-refractivity contribution in [3.8, 4) is 5.75 Å². The summed E-state index contributed by atoms with van der Waals surface area (Å²) in [6.07, 6.45) is 0. The number of carbonyl (C=O) groups is 2. The third kappa shape index (κ3) is 4.19. The molecule has 1 fully saturated rings. The Labute approximate surface area is 197 Å². The summed E-state index contributed by atoms with van der Waals surface area (Å²) in [6.45, 7) is 2.67. The lowest BCUT2D eigenvalue weighted by molar-refractivity contribution is -0.140. The van der Waals surface area contributed by atoms with Crippen molar-refractivity contribution in [3.05, 3.63) is 82.4 Å². The Hall–Kier alpha value is -3.35. The number of benzene rings is 3. The number of methoxy groups -OCH3 is 1. The van der Waals surface area contributed by atoms with Crippen molar-refractivity contribution in [3.63, 3.8) is 0 Å². The van der Waals surface area contributed by atoms with Crippen molar-refractivity contribution in [2.45, 2.75) is 13.0 Å². The molecule has 6 nitrogen and oxygen atoms in total. The van der Waals surface area contributed by atoms with Crippen LogP contribution in [0.2, 0.25) is 5.02 Å². The fraction of sp³-hybridized carbons (Fsp3) is 0.231. The molecule has 3 aromatic carbocycles. The highest BCUT2D eigenvalue weighted by molar-refractivity contribution is 6.46. The smallest absolute Gasteiger partial charge is 0.295 e. The lowest BCUT2D eigenvalue weighted by atomic mass is 9.91. The number of aliphatic hydroxyl groups is 1. The highest BCUT2D eigenvalue weighted by Crippen LogP contribution is 2.42. The second-order valence-corrected chi connectivity index (χ2v) is 8.04. The molecule has 1 heterocycles. The normalized spacial score (nSPS) is 17.7. The predicted molar refractivity (Wildman–Crippen MR) is 127 cm³/mol. The van der Waals surface area contributed by atoms with Crippen molar-refractivity contribution in [1.29, 1.82) is 0 Å². The first-order chi connectivity index (χ1) is 16.0. The van der Waals surface area contributed by atoms with E-state index in [9.17, 15) is 14.7 Å². The molecule has 33 heavy (non-hydrogen) atoms. The largest absolute Gasteiger partial charge is 0.507 e. The van der Waals surface area contributed by atoms with Crippen molar-refractivity contribution in [2.24, 2.45) is 0 Å².